The lowest BCUT2D eigenvalue weighted by molar-refractivity contribution is -0.0668. The van der Waals surface area contributed by atoms with Crippen LogP contribution in [0.15, 0.2) is 6.20 Å². The molecule has 4 aliphatic rings. The normalized spacial score (nSPS) is 35.9. The number of amides is 1. The average molecular weight is 322 g/mol. The van der Waals surface area contributed by atoms with E-state index in [1.807, 2.05) is 18.9 Å². The molecule has 5 rings (SSSR count). The first-order valence-corrected chi connectivity index (χ1v) is 8.89. The summed E-state index contributed by atoms with van der Waals surface area (Å²) in [6, 6.07) is 0. The Hall–Kier alpha value is -1.03. The second-order valence-electron chi connectivity index (χ2n) is 7.66. The van der Waals surface area contributed by atoms with Crippen LogP contribution in [0, 0.1) is 17.8 Å². The minimum absolute atomic E-state index is 0.0475. The third-order valence-electron chi connectivity index (χ3n) is 6.32. The molecule has 4 aliphatic carbocycles. The molecule has 0 spiro atoms. The number of halogens is 1. The number of carbonyl (C=O) groups excluding carboxylic acids is 1. The third-order valence-corrected chi connectivity index (χ3v) is 6.60. The van der Waals surface area contributed by atoms with Gasteiger partial charge < -0.3 is 4.90 Å². The molecule has 1 heterocycles. The molecule has 1 aromatic rings. The van der Waals surface area contributed by atoms with E-state index in [9.17, 15) is 4.79 Å². The van der Waals surface area contributed by atoms with E-state index >= 15 is 0 Å². The molecule has 4 saturated carbocycles. The number of hydrogen-bond donors (Lipinski definition) is 0. The van der Waals surface area contributed by atoms with Crippen molar-refractivity contribution in [2.45, 2.75) is 57.5 Å². The number of carbonyl (C=O) groups is 1. The SMILES string of the molecule is CCn1ncc(Cl)c1C(=O)N(C)C12CC3CC(CC(C3)C1)C2. The minimum Gasteiger partial charge on any atom is -0.335 e. The van der Waals surface area contributed by atoms with Gasteiger partial charge in [-0.15, -0.1) is 0 Å². The largest absolute Gasteiger partial charge is 0.335 e. The summed E-state index contributed by atoms with van der Waals surface area (Å²) in [6.45, 7) is 2.66. The predicted molar refractivity (Wildman–Crippen MR) is 85.9 cm³/mol. The highest BCUT2D eigenvalue weighted by molar-refractivity contribution is 6.33. The molecule has 4 nitrogen and oxygen atoms in total. The molecular formula is C17H24ClN3O. The van der Waals surface area contributed by atoms with Crippen LogP contribution in [0.5, 0.6) is 0 Å². The summed E-state index contributed by atoms with van der Waals surface area (Å²) >= 11 is 6.24. The maximum atomic E-state index is 13.1. The molecule has 0 atom stereocenters. The lowest BCUT2D eigenvalue weighted by atomic mass is 9.52. The first-order valence-electron chi connectivity index (χ1n) is 8.52. The van der Waals surface area contributed by atoms with E-state index in [0.29, 0.717) is 17.3 Å². The minimum atomic E-state index is 0.0475. The molecule has 4 fully saturated rings. The summed E-state index contributed by atoms with van der Waals surface area (Å²) in [7, 11) is 1.98. The van der Waals surface area contributed by atoms with E-state index in [-0.39, 0.29) is 11.4 Å². The molecule has 0 unspecified atom stereocenters. The van der Waals surface area contributed by atoms with Crippen molar-refractivity contribution in [2.24, 2.45) is 17.8 Å². The number of hydrogen-bond acceptors (Lipinski definition) is 2. The van der Waals surface area contributed by atoms with E-state index in [1.165, 1.54) is 38.5 Å². The van der Waals surface area contributed by atoms with E-state index in [2.05, 4.69) is 5.10 Å². The Bertz CT molecular complexity index is 574. The lowest BCUT2D eigenvalue weighted by Gasteiger charge is -2.59. The Labute approximate surface area is 136 Å². The zero-order chi connectivity index (χ0) is 15.5. The van der Waals surface area contributed by atoms with Crippen LogP contribution < -0.4 is 0 Å². The molecule has 120 valence electrons. The fraction of sp³-hybridized carbons (Fsp3) is 0.765. The van der Waals surface area contributed by atoms with Crippen LogP contribution >= 0.6 is 11.6 Å². The van der Waals surface area contributed by atoms with E-state index in [4.69, 9.17) is 11.6 Å². The summed E-state index contributed by atoms with van der Waals surface area (Å²) < 4.78 is 1.72. The first kappa shape index (κ1) is 14.6. The second kappa shape index (κ2) is 4.98. The Kier molecular flexibility index (Phi) is 3.30. The van der Waals surface area contributed by atoms with E-state index in [1.54, 1.807) is 10.9 Å². The highest BCUT2D eigenvalue weighted by Crippen LogP contribution is 2.57. The smallest absolute Gasteiger partial charge is 0.273 e. The van der Waals surface area contributed by atoms with Gasteiger partial charge >= 0.3 is 0 Å². The fourth-order valence-electron chi connectivity index (χ4n) is 5.66. The Morgan fingerprint density at radius 1 is 1.32 bits per heavy atom. The van der Waals surface area contributed by atoms with Crippen molar-refractivity contribution in [3.8, 4) is 0 Å². The molecule has 4 bridgehead atoms. The quantitative estimate of drug-likeness (QED) is 0.853. The Morgan fingerprint density at radius 2 is 1.86 bits per heavy atom. The Morgan fingerprint density at radius 3 is 2.36 bits per heavy atom. The third kappa shape index (κ3) is 2.03. The van der Waals surface area contributed by atoms with Crippen LogP contribution in [0.25, 0.3) is 0 Å². The van der Waals surface area contributed by atoms with Crippen LogP contribution in [0.3, 0.4) is 0 Å². The van der Waals surface area contributed by atoms with Gasteiger partial charge in [0.15, 0.2) is 0 Å². The van der Waals surface area contributed by atoms with Crippen LogP contribution in [-0.4, -0.2) is 33.2 Å². The zero-order valence-electron chi connectivity index (χ0n) is 13.4. The van der Waals surface area contributed by atoms with Gasteiger partial charge in [-0.3, -0.25) is 9.48 Å². The number of nitrogens with zero attached hydrogens (tertiary/aromatic N) is 3. The standard InChI is InChI=1S/C17H24ClN3O/c1-3-21-15(14(18)10-19-21)16(22)20(2)17-7-11-4-12(8-17)6-13(5-11)9-17/h10-13H,3-9H2,1-2H3. The maximum Gasteiger partial charge on any atom is 0.273 e. The monoisotopic (exact) mass is 321 g/mol. The van der Waals surface area contributed by atoms with Gasteiger partial charge in [0, 0.05) is 19.1 Å². The van der Waals surface area contributed by atoms with Gasteiger partial charge in [0.05, 0.1) is 11.2 Å². The molecule has 0 aromatic carbocycles. The maximum absolute atomic E-state index is 13.1. The van der Waals surface area contributed by atoms with Gasteiger partial charge in [0.1, 0.15) is 5.69 Å². The zero-order valence-corrected chi connectivity index (χ0v) is 14.1. The van der Waals surface area contributed by atoms with Crippen molar-refractivity contribution in [3.05, 3.63) is 16.9 Å². The fourth-order valence-corrected chi connectivity index (χ4v) is 5.89. The van der Waals surface area contributed by atoms with Crippen LogP contribution in [0.2, 0.25) is 5.02 Å². The van der Waals surface area contributed by atoms with Crippen molar-refractivity contribution >= 4 is 17.5 Å². The van der Waals surface area contributed by atoms with Crippen LogP contribution in [-0.2, 0) is 6.54 Å². The van der Waals surface area contributed by atoms with Crippen LogP contribution in [0.1, 0.15) is 55.9 Å². The van der Waals surface area contributed by atoms with Crippen molar-refractivity contribution < 1.29 is 4.79 Å². The van der Waals surface area contributed by atoms with Crippen molar-refractivity contribution in [3.63, 3.8) is 0 Å². The summed E-state index contributed by atoms with van der Waals surface area (Å²) in [5.41, 5.74) is 0.625. The molecule has 0 N–H and O–H groups in total. The topological polar surface area (TPSA) is 38.1 Å². The molecule has 0 radical (unpaired) electrons. The lowest BCUT2D eigenvalue weighted by Crippen LogP contribution is -2.60. The molecule has 5 heteroatoms. The predicted octanol–water partition coefficient (Wildman–Crippen LogP) is 3.60. The second-order valence-corrected chi connectivity index (χ2v) is 8.07. The molecule has 0 saturated heterocycles. The van der Waals surface area contributed by atoms with Crippen LogP contribution in [0.4, 0.5) is 0 Å². The summed E-state index contributed by atoms with van der Waals surface area (Å²) in [6.07, 6.45) is 9.28. The number of aromatic nitrogens is 2. The number of aryl methyl sites for hydroxylation is 1. The van der Waals surface area contributed by atoms with Crippen molar-refractivity contribution in [2.75, 3.05) is 7.05 Å². The summed E-state index contributed by atoms with van der Waals surface area (Å²) in [5.74, 6) is 2.53. The van der Waals surface area contributed by atoms with E-state index < -0.39 is 0 Å². The molecule has 1 amide bonds. The van der Waals surface area contributed by atoms with Gasteiger partial charge in [-0.25, -0.2) is 0 Å². The van der Waals surface area contributed by atoms with Gasteiger partial charge in [-0.05, 0) is 63.2 Å². The van der Waals surface area contributed by atoms with E-state index in [0.717, 1.165) is 17.8 Å². The van der Waals surface area contributed by atoms with Gasteiger partial charge in [-0.2, -0.15) is 5.10 Å². The summed E-state index contributed by atoms with van der Waals surface area (Å²) in [4.78, 5) is 15.1. The summed E-state index contributed by atoms with van der Waals surface area (Å²) in [5, 5.41) is 4.70. The first-order chi connectivity index (χ1) is 10.5. The number of rotatable bonds is 3. The molecular weight excluding hydrogens is 298 g/mol. The van der Waals surface area contributed by atoms with Gasteiger partial charge in [0.2, 0.25) is 0 Å². The molecule has 1 aromatic heterocycles. The molecule has 0 aliphatic heterocycles. The van der Waals surface area contributed by atoms with Crippen molar-refractivity contribution in [1.29, 1.82) is 0 Å². The molecule has 22 heavy (non-hydrogen) atoms. The van der Waals surface area contributed by atoms with Crippen molar-refractivity contribution in [1.82, 2.24) is 14.7 Å². The van der Waals surface area contributed by atoms with Gasteiger partial charge in [0.25, 0.3) is 5.91 Å². The Balaban J connectivity index is 1.65. The highest BCUT2D eigenvalue weighted by Gasteiger charge is 2.54. The average Bonchev–Trinajstić information content (AvgIpc) is 2.85. The van der Waals surface area contributed by atoms with Gasteiger partial charge in [-0.1, -0.05) is 11.6 Å². The highest BCUT2D eigenvalue weighted by atomic mass is 35.5.